The Labute approximate surface area is 127 Å². The maximum absolute atomic E-state index is 11.3. The Kier molecular flexibility index (Phi) is 4.47. The molecule has 7 heteroatoms. The highest BCUT2D eigenvalue weighted by atomic mass is 35.5. The lowest BCUT2D eigenvalue weighted by atomic mass is 10.1. The molecule has 112 valence electrons. The fourth-order valence-corrected chi connectivity index (χ4v) is 1.98. The molecular formula is C14H17ClN4O2. The highest BCUT2D eigenvalue weighted by Crippen LogP contribution is 2.24. The lowest BCUT2D eigenvalue weighted by molar-refractivity contribution is 0.100. The first kappa shape index (κ1) is 15.3. The fraction of sp³-hybridized carbons (Fsp3) is 0.357. The molecule has 2 aromatic rings. The molecule has 1 heterocycles. The maximum atomic E-state index is 11.3. The number of carbonyl (C=O) groups is 1. The number of rotatable bonds is 5. The zero-order chi connectivity index (χ0) is 15.6. The van der Waals surface area contributed by atoms with Crippen LogP contribution < -0.4 is 11.1 Å². The van der Waals surface area contributed by atoms with Gasteiger partial charge in [0.05, 0.1) is 10.6 Å². The molecule has 0 fully saturated rings. The van der Waals surface area contributed by atoms with Gasteiger partial charge in [0.25, 0.3) is 0 Å². The van der Waals surface area contributed by atoms with E-state index < -0.39 is 5.91 Å². The van der Waals surface area contributed by atoms with Crippen LogP contribution in [0.15, 0.2) is 22.7 Å². The van der Waals surface area contributed by atoms with Gasteiger partial charge in [-0.3, -0.25) is 4.79 Å². The Bertz CT molecular complexity index is 654. The number of anilines is 1. The van der Waals surface area contributed by atoms with E-state index in [2.05, 4.69) is 15.5 Å². The molecule has 0 aliphatic heterocycles. The van der Waals surface area contributed by atoms with Crippen molar-refractivity contribution in [2.45, 2.75) is 32.7 Å². The molecule has 21 heavy (non-hydrogen) atoms. The second-order valence-corrected chi connectivity index (χ2v) is 5.48. The van der Waals surface area contributed by atoms with Gasteiger partial charge in [-0.15, -0.1) is 0 Å². The van der Waals surface area contributed by atoms with Crippen molar-refractivity contribution in [1.82, 2.24) is 10.1 Å². The van der Waals surface area contributed by atoms with Crippen LogP contribution in [0, 0.1) is 0 Å². The lowest BCUT2D eigenvalue weighted by Gasteiger charge is -2.12. The average molecular weight is 309 g/mol. The topological polar surface area (TPSA) is 94.0 Å². The summed E-state index contributed by atoms with van der Waals surface area (Å²) in [6.45, 7) is 5.87. The van der Waals surface area contributed by atoms with Crippen LogP contribution in [0.25, 0.3) is 0 Å². The largest absolute Gasteiger partial charge is 0.374 e. The van der Waals surface area contributed by atoms with Gasteiger partial charge in [0.1, 0.15) is 6.04 Å². The number of primary amides is 1. The molecule has 0 spiro atoms. The van der Waals surface area contributed by atoms with Crippen LogP contribution >= 0.6 is 11.6 Å². The number of nitrogens with two attached hydrogens (primary N) is 1. The molecule has 3 N–H and O–H groups in total. The molecule has 0 bridgehead atoms. The van der Waals surface area contributed by atoms with Crippen LogP contribution in [0.2, 0.25) is 5.02 Å². The molecule has 0 unspecified atom stereocenters. The van der Waals surface area contributed by atoms with Gasteiger partial charge < -0.3 is 15.6 Å². The van der Waals surface area contributed by atoms with Crippen molar-refractivity contribution >= 4 is 23.2 Å². The molecule has 0 saturated carbocycles. The minimum atomic E-state index is -0.573. The number of aromatic nitrogens is 2. The van der Waals surface area contributed by atoms with E-state index in [1.54, 1.807) is 18.2 Å². The average Bonchev–Trinajstić information content (AvgIpc) is 2.90. The van der Waals surface area contributed by atoms with E-state index >= 15 is 0 Å². The van der Waals surface area contributed by atoms with Crippen molar-refractivity contribution < 1.29 is 9.32 Å². The molecule has 2 rings (SSSR count). The molecule has 1 aromatic heterocycles. The van der Waals surface area contributed by atoms with Crippen LogP contribution in [0.3, 0.4) is 0 Å². The highest BCUT2D eigenvalue weighted by Gasteiger charge is 2.16. The summed E-state index contributed by atoms with van der Waals surface area (Å²) in [4.78, 5) is 15.6. The van der Waals surface area contributed by atoms with Crippen LogP contribution in [-0.4, -0.2) is 16.0 Å². The van der Waals surface area contributed by atoms with Gasteiger partial charge in [0, 0.05) is 11.6 Å². The Morgan fingerprint density at radius 2 is 2.10 bits per heavy atom. The van der Waals surface area contributed by atoms with Crippen LogP contribution in [0.4, 0.5) is 5.69 Å². The monoisotopic (exact) mass is 308 g/mol. The smallest absolute Gasteiger partial charge is 0.250 e. The molecule has 0 radical (unpaired) electrons. The Balaban J connectivity index is 2.17. The number of hydrogen-bond acceptors (Lipinski definition) is 5. The van der Waals surface area contributed by atoms with Crippen LogP contribution in [0.1, 0.15) is 54.8 Å². The third kappa shape index (κ3) is 3.52. The minimum Gasteiger partial charge on any atom is -0.374 e. The summed E-state index contributed by atoms with van der Waals surface area (Å²) < 4.78 is 5.22. The zero-order valence-corrected chi connectivity index (χ0v) is 12.8. The molecule has 6 nitrogen and oxygen atoms in total. The summed E-state index contributed by atoms with van der Waals surface area (Å²) in [7, 11) is 0. The number of benzene rings is 1. The normalized spacial score (nSPS) is 12.4. The Morgan fingerprint density at radius 1 is 1.38 bits per heavy atom. The van der Waals surface area contributed by atoms with Gasteiger partial charge in [0.2, 0.25) is 11.8 Å². The second kappa shape index (κ2) is 6.13. The maximum Gasteiger partial charge on any atom is 0.250 e. The summed E-state index contributed by atoms with van der Waals surface area (Å²) >= 11 is 5.91. The summed E-state index contributed by atoms with van der Waals surface area (Å²) in [5, 5.41) is 7.41. The fourth-order valence-electron chi connectivity index (χ4n) is 1.77. The highest BCUT2D eigenvalue weighted by molar-refractivity contribution is 6.33. The Morgan fingerprint density at radius 3 is 2.67 bits per heavy atom. The second-order valence-electron chi connectivity index (χ2n) is 5.07. The van der Waals surface area contributed by atoms with Crippen LogP contribution in [-0.2, 0) is 0 Å². The quantitative estimate of drug-likeness (QED) is 0.885. The van der Waals surface area contributed by atoms with Gasteiger partial charge in [-0.05, 0) is 25.1 Å². The summed E-state index contributed by atoms with van der Waals surface area (Å²) in [6.07, 6.45) is 0. The number of halogens is 1. The third-order valence-corrected chi connectivity index (χ3v) is 3.29. The number of nitrogens with zero attached hydrogens (tertiary/aromatic N) is 2. The summed E-state index contributed by atoms with van der Waals surface area (Å²) in [5.74, 6) is 0.768. The van der Waals surface area contributed by atoms with E-state index in [-0.39, 0.29) is 17.5 Å². The van der Waals surface area contributed by atoms with Gasteiger partial charge in [-0.25, -0.2) is 0 Å². The van der Waals surface area contributed by atoms with Gasteiger partial charge in [-0.1, -0.05) is 30.6 Å². The number of hydrogen-bond donors (Lipinski definition) is 2. The van der Waals surface area contributed by atoms with Crippen molar-refractivity contribution in [2.24, 2.45) is 5.73 Å². The first-order chi connectivity index (χ1) is 9.88. The zero-order valence-electron chi connectivity index (χ0n) is 12.1. The summed E-state index contributed by atoms with van der Waals surface area (Å²) in [5.41, 5.74) is 6.24. The van der Waals surface area contributed by atoms with Crippen molar-refractivity contribution in [3.05, 3.63) is 40.5 Å². The minimum absolute atomic E-state index is 0.201. The van der Waals surface area contributed by atoms with Gasteiger partial charge in [0.15, 0.2) is 5.82 Å². The van der Waals surface area contributed by atoms with E-state index in [9.17, 15) is 4.79 Å². The van der Waals surface area contributed by atoms with E-state index in [1.807, 2.05) is 20.8 Å². The SMILES string of the molecule is CC(C)c1noc([C@@H](C)Nc2ccc(Cl)c(C(N)=O)c2)n1. The van der Waals surface area contributed by atoms with Crippen molar-refractivity contribution in [2.75, 3.05) is 5.32 Å². The lowest BCUT2D eigenvalue weighted by Crippen LogP contribution is -2.13. The van der Waals surface area contributed by atoms with Crippen molar-refractivity contribution in [3.63, 3.8) is 0 Å². The standard InChI is InChI=1S/C14H17ClN4O2/c1-7(2)13-18-14(21-19-13)8(3)17-9-4-5-11(15)10(6-9)12(16)20/h4-8,17H,1-3H3,(H2,16,20)/t8-/m1/s1. The predicted octanol–water partition coefficient (Wildman–Crippen LogP) is 3.12. The first-order valence-electron chi connectivity index (χ1n) is 6.58. The number of carbonyl (C=O) groups excluding carboxylic acids is 1. The van der Waals surface area contributed by atoms with E-state index in [0.29, 0.717) is 22.4 Å². The Hall–Kier alpha value is -2.08. The van der Waals surface area contributed by atoms with Crippen molar-refractivity contribution in [1.29, 1.82) is 0 Å². The van der Waals surface area contributed by atoms with E-state index in [4.69, 9.17) is 21.9 Å². The van der Waals surface area contributed by atoms with Crippen LogP contribution in [0.5, 0.6) is 0 Å². The van der Waals surface area contributed by atoms with E-state index in [0.717, 1.165) is 0 Å². The number of nitrogens with one attached hydrogen (secondary N) is 1. The molecule has 1 aromatic carbocycles. The molecular weight excluding hydrogens is 292 g/mol. The molecule has 0 aliphatic carbocycles. The van der Waals surface area contributed by atoms with Crippen molar-refractivity contribution in [3.8, 4) is 0 Å². The molecule has 1 amide bonds. The molecule has 0 saturated heterocycles. The van der Waals surface area contributed by atoms with E-state index in [1.165, 1.54) is 0 Å². The molecule has 1 atom stereocenters. The van der Waals surface area contributed by atoms with Gasteiger partial charge in [-0.2, -0.15) is 4.98 Å². The number of amides is 1. The predicted molar refractivity (Wildman–Crippen MR) is 80.4 cm³/mol. The first-order valence-corrected chi connectivity index (χ1v) is 6.95. The summed E-state index contributed by atoms with van der Waals surface area (Å²) in [6, 6.07) is 4.77. The third-order valence-electron chi connectivity index (χ3n) is 2.96. The van der Waals surface area contributed by atoms with Gasteiger partial charge >= 0.3 is 0 Å². The molecule has 0 aliphatic rings.